The monoisotopic (exact) mass is 591 g/mol. The van der Waals surface area contributed by atoms with Gasteiger partial charge in [0.05, 0.1) is 0 Å². The van der Waals surface area contributed by atoms with Crippen LogP contribution in [0.2, 0.25) is 0 Å². The summed E-state index contributed by atoms with van der Waals surface area (Å²) in [6.07, 6.45) is 0. The lowest BCUT2D eigenvalue weighted by Crippen LogP contribution is -2.38. The molecule has 0 spiro atoms. The summed E-state index contributed by atoms with van der Waals surface area (Å²) in [5.41, 5.74) is 0. The van der Waals surface area contributed by atoms with Gasteiger partial charge in [-0.05, 0) is 118 Å². The number of hydrogen-bond acceptors (Lipinski definition) is 0. The minimum Gasteiger partial charge on any atom is -0.0625 e. The Balaban J connectivity index is 5.44. The summed E-state index contributed by atoms with van der Waals surface area (Å²) >= 11 is 0. The van der Waals surface area contributed by atoms with Crippen molar-refractivity contribution in [3.63, 3.8) is 0 Å². The van der Waals surface area contributed by atoms with Gasteiger partial charge >= 0.3 is 0 Å². The van der Waals surface area contributed by atoms with Crippen molar-refractivity contribution >= 4 is 0 Å². The average Bonchev–Trinajstić information content (AvgIpc) is 2.97. The molecule has 0 nitrogen and oxygen atoms in total. The highest BCUT2D eigenvalue weighted by Crippen LogP contribution is 2.45. The molecule has 18 atom stereocenters. The Kier molecular flexibility index (Phi) is 18.2. The van der Waals surface area contributed by atoms with Gasteiger partial charge in [-0.3, -0.25) is 0 Å². The summed E-state index contributed by atoms with van der Waals surface area (Å²) < 4.78 is 0. The molecule has 0 heterocycles. The molecule has 0 heteroatoms. The number of rotatable bonds is 19. The van der Waals surface area contributed by atoms with E-state index in [2.05, 4.69) is 152 Å². The van der Waals surface area contributed by atoms with Crippen molar-refractivity contribution < 1.29 is 0 Å². The van der Waals surface area contributed by atoms with Crippen molar-refractivity contribution in [3.05, 3.63) is 0 Å². The summed E-state index contributed by atoms with van der Waals surface area (Å²) in [7, 11) is 0. The molecule has 0 bridgehead atoms. The van der Waals surface area contributed by atoms with Crippen LogP contribution >= 0.6 is 0 Å². The van der Waals surface area contributed by atoms with E-state index in [0.717, 1.165) is 118 Å². The Morgan fingerprint density at radius 3 is 0.262 bits per heavy atom. The third kappa shape index (κ3) is 10.5. The lowest BCUT2D eigenvalue weighted by atomic mass is 9.61. The first-order valence-electron chi connectivity index (χ1n) is 19.0. The Morgan fingerprint density at radius 1 is 0.119 bits per heavy atom. The Bertz CT molecular complexity index is 645. The molecule has 0 amide bonds. The van der Waals surface area contributed by atoms with E-state index in [0.29, 0.717) is 0 Å². The molecular formula is C42H86. The van der Waals surface area contributed by atoms with Crippen molar-refractivity contribution in [2.75, 3.05) is 0 Å². The van der Waals surface area contributed by atoms with Gasteiger partial charge in [-0.1, -0.05) is 152 Å². The highest BCUT2D eigenvalue weighted by atomic mass is 14.4. The van der Waals surface area contributed by atoms with Crippen LogP contribution in [0.3, 0.4) is 0 Å². The first kappa shape index (κ1) is 42.0. The lowest BCUT2D eigenvalue weighted by molar-refractivity contribution is 0.0472. The maximum Gasteiger partial charge on any atom is -0.0386 e. The molecule has 0 aromatic carbocycles. The first-order chi connectivity index (χ1) is 19.0. The van der Waals surface area contributed by atoms with E-state index in [1.54, 1.807) is 0 Å². The summed E-state index contributed by atoms with van der Waals surface area (Å²) in [5, 5.41) is 0. The van der Waals surface area contributed by atoms with Crippen LogP contribution in [0.25, 0.3) is 0 Å². The van der Waals surface area contributed by atoms with Gasteiger partial charge in [0.1, 0.15) is 0 Å². The van der Waals surface area contributed by atoms with E-state index in [1.165, 1.54) is 0 Å². The van der Waals surface area contributed by atoms with Gasteiger partial charge in [-0.15, -0.1) is 0 Å². The van der Waals surface area contributed by atoms with E-state index in [4.69, 9.17) is 0 Å². The van der Waals surface area contributed by atoms with Crippen molar-refractivity contribution in [3.8, 4) is 0 Å². The predicted octanol–water partition coefficient (Wildman–Crippen LogP) is 13.7. The highest BCUT2D eigenvalue weighted by molar-refractivity contribution is 4.87. The molecule has 0 N–H and O–H groups in total. The second-order valence-electron chi connectivity index (χ2n) is 18.0. The second-order valence-corrected chi connectivity index (χ2v) is 18.0. The van der Waals surface area contributed by atoms with Crippen LogP contribution in [-0.4, -0.2) is 0 Å². The molecule has 0 saturated carbocycles. The zero-order chi connectivity index (χ0) is 33.5. The first-order valence-corrected chi connectivity index (χ1v) is 19.0. The Labute approximate surface area is 270 Å². The van der Waals surface area contributed by atoms with Gasteiger partial charge in [0, 0.05) is 0 Å². The molecule has 0 aliphatic carbocycles. The Hall–Kier alpha value is 0. The quantitative estimate of drug-likeness (QED) is 0.140. The average molecular weight is 591 g/mol. The molecular weight excluding hydrogens is 504 g/mol. The van der Waals surface area contributed by atoms with Crippen LogP contribution in [0, 0.1) is 118 Å². The van der Waals surface area contributed by atoms with Gasteiger partial charge in [0.25, 0.3) is 0 Å². The standard InChI is InChI=1S/C42H86/c1-23(2)25(5)27(7)29(9)31(11)33(13)35(15)37(17)39(19)41(21)42(22)40(20)38(18)36(16)34(14)32(12)30(10)28(8)26(6)24(3)4/h23-42H,1-22H3. The zero-order valence-corrected chi connectivity index (χ0v) is 33.5. The molecule has 0 aromatic rings. The predicted molar refractivity (Wildman–Crippen MR) is 195 cm³/mol. The Morgan fingerprint density at radius 2 is 0.190 bits per heavy atom. The molecule has 0 fully saturated rings. The van der Waals surface area contributed by atoms with Crippen LogP contribution in [0.15, 0.2) is 0 Å². The summed E-state index contributed by atoms with van der Waals surface area (Å²) in [6, 6.07) is 0. The fraction of sp³-hybridized carbons (Fsp3) is 1.00. The van der Waals surface area contributed by atoms with E-state index < -0.39 is 0 Å². The molecule has 0 aliphatic heterocycles. The maximum atomic E-state index is 2.58. The van der Waals surface area contributed by atoms with Crippen LogP contribution < -0.4 is 0 Å². The van der Waals surface area contributed by atoms with Crippen molar-refractivity contribution in [1.29, 1.82) is 0 Å². The fourth-order valence-electron chi connectivity index (χ4n) is 8.88. The van der Waals surface area contributed by atoms with E-state index in [9.17, 15) is 0 Å². The topological polar surface area (TPSA) is 0 Å². The van der Waals surface area contributed by atoms with Gasteiger partial charge in [-0.2, -0.15) is 0 Å². The molecule has 42 heavy (non-hydrogen) atoms. The van der Waals surface area contributed by atoms with E-state index in [1.807, 2.05) is 0 Å². The summed E-state index contributed by atoms with van der Waals surface area (Å²) in [4.78, 5) is 0. The normalized spacial score (nSPS) is 26.0. The fourth-order valence-corrected chi connectivity index (χ4v) is 8.88. The molecule has 0 rings (SSSR count). The van der Waals surface area contributed by atoms with Crippen LogP contribution in [0.4, 0.5) is 0 Å². The van der Waals surface area contributed by atoms with Gasteiger partial charge in [-0.25, -0.2) is 0 Å². The van der Waals surface area contributed by atoms with Crippen LogP contribution in [0.1, 0.15) is 152 Å². The summed E-state index contributed by atoms with van der Waals surface area (Å²) in [6.45, 7) is 55.5. The van der Waals surface area contributed by atoms with E-state index in [-0.39, 0.29) is 0 Å². The molecule has 0 radical (unpaired) electrons. The largest absolute Gasteiger partial charge is 0.0625 e. The molecule has 0 saturated heterocycles. The maximum absolute atomic E-state index is 2.58. The third-order valence-corrected chi connectivity index (χ3v) is 16.2. The van der Waals surface area contributed by atoms with Crippen molar-refractivity contribution in [1.82, 2.24) is 0 Å². The van der Waals surface area contributed by atoms with Crippen LogP contribution in [0.5, 0.6) is 0 Å². The smallest absolute Gasteiger partial charge is 0.0386 e. The highest BCUT2D eigenvalue weighted by Gasteiger charge is 2.38. The van der Waals surface area contributed by atoms with E-state index >= 15 is 0 Å². The van der Waals surface area contributed by atoms with Crippen LogP contribution in [-0.2, 0) is 0 Å². The van der Waals surface area contributed by atoms with Crippen molar-refractivity contribution in [2.45, 2.75) is 152 Å². The number of hydrogen-bond donors (Lipinski definition) is 0. The molecule has 0 aliphatic rings. The van der Waals surface area contributed by atoms with Gasteiger partial charge in [0.15, 0.2) is 0 Å². The zero-order valence-electron chi connectivity index (χ0n) is 33.5. The van der Waals surface area contributed by atoms with Gasteiger partial charge in [0.2, 0.25) is 0 Å². The SMILES string of the molecule is CC(C)C(C)C(C)C(C)C(C)C(C)C(C)C(C)C(C)C(C)C(C)C(C)C(C)C(C)C(C)C(C)C(C)C(C)C(C)C(C)C. The second kappa shape index (κ2) is 18.2. The lowest BCUT2D eigenvalue weighted by Gasteiger charge is -2.44. The molecule has 254 valence electrons. The van der Waals surface area contributed by atoms with Crippen molar-refractivity contribution in [2.24, 2.45) is 118 Å². The summed E-state index contributed by atoms with van der Waals surface area (Å²) in [5.74, 6) is 15.2. The molecule has 18 unspecified atom stereocenters. The minimum atomic E-state index is 0.741. The minimum absolute atomic E-state index is 0.741. The molecule has 0 aromatic heterocycles. The third-order valence-electron chi connectivity index (χ3n) is 16.2. The van der Waals surface area contributed by atoms with Gasteiger partial charge < -0.3 is 0 Å².